The Balaban J connectivity index is 2.10. The van der Waals surface area contributed by atoms with Gasteiger partial charge < -0.3 is 10.6 Å². The molecule has 1 aromatic rings. The topological polar surface area (TPSA) is 41.1 Å². The number of amides is 1. The third-order valence-electron chi connectivity index (χ3n) is 2.49. The first-order valence-corrected chi connectivity index (χ1v) is 5.91. The fourth-order valence-electron chi connectivity index (χ4n) is 1.75. The number of piperidine rings is 1. The molecule has 1 atom stereocenters. The Morgan fingerprint density at radius 2 is 1.94 bits per heavy atom. The van der Waals surface area contributed by atoms with E-state index in [-0.39, 0.29) is 11.9 Å². The molecule has 3 nitrogen and oxygen atoms in total. The summed E-state index contributed by atoms with van der Waals surface area (Å²) < 4.78 is 0. The largest absolute Gasteiger partial charge is 0.374 e. The van der Waals surface area contributed by atoms with Crippen LogP contribution in [0.2, 0.25) is 10.0 Å². The second-order valence-corrected chi connectivity index (χ2v) is 4.66. The predicted octanol–water partition coefficient (Wildman–Crippen LogP) is 2.68. The normalized spacial score (nSPS) is 20.4. The van der Waals surface area contributed by atoms with Crippen LogP contribution < -0.4 is 10.6 Å². The van der Waals surface area contributed by atoms with Crippen LogP contribution in [0.5, 0.6) is 0 Å². The van der Waals surface area contributed by atoms with Crippen LogP contribution in [-0.4, -0.2) is 18.5 Å². The van der Waals surface area contributed by atoms with E-state index in [4.69, 9.17) is 23.2 Å². The van der Waals surface area contributed by atoms with Gasteiger partial charge in [-0.3, -0.25) is 4.79 Å². The zero-order valence-electron chi connectivity index (χ0n) is 8.59. The van der Waals surface area contributed by atoms with Crippen LogP contribution in [0.4, 0.5) is 5.69 Å². The molecule has 0 aliphatic carbocycles. The molecule has 1 saturated heterocycles. The van der Waals surface area contributed by atoms with Gasteiger partial charge >= 0.3 is 0 Å². The molecule has 0 unspecified atom stereocenters. The van der Waals surface area contributed by atoms with E-state index in [2.05, 4.69) is 10.6 Å². The van der Waals surface area contributed by atoms with Crippen molar-refractivity contribution in [3.63, 3.8) is 0 Å². The van der Waals surface area contributed by atoms with Crippen LogP contribution in [0.15, 0.2) is 18.2 Å². The Kier molecular flexibility index (Phi) is 3.56. The second kappa shape index (κ2) is 4.93. The summed E-state index contributed by atoms with van der Waals surface area (Å²) in [6.07, 6.45) is 1.81. The molecule has 0 saturated carbocycles. The highest BCUT2D eigenvalue weighted by molar-refractivity contribution is 6.35. The van der Waals surface area contributed by atoms with E-state index in [1.54, 1.807) is 18.2 Å². The van der Waals surface area contributed by atoms with Gasteiger partial charge in [-0.1, -0.05) is 23.2 Å². The number of hydrogen-bond donors (Lipinski definition) is 2. The maximum Gasteiger partial charge on any atom is 0.242 e. The van der Waals surface area contributed by atoms with Gasteiger partial charge in [0.2, 0.25) is 5.91 Å². The number of carbonyl (C=O) groups excluding carboxylic acids is 1. The Labute approximate surface area is 104 Å². The Bertz CT molecular complexity index is 389. The summed E-state index contributed by atoms with van der Waals surface area (Å²) in [5.74, 6) is 0.0300. The van der Waals surface area contributed by atoms with Crippen molar-refractivity contribution in [2.45, 2.75) is 18.9 Å². The highest BCUT2D eigenvalue weighted by Crippen LogP contribution is 2.23. The van der Waals surface area contributed by atoms with Crippen LogP contribution in [0.3, 0.4) is 0 Å². The van der Waals surface area contributed by atoms with Crippen molar-refractivity contribution < 1.29 is 4.79 Å². The Morgan fingerprint density at radius 1 is 1.25 bits per heavy atom. The minimum atomic E-state index is -0.191. The van der Waals surface area contributed by atoms with Gasteiger partial charge in [-0.25, -0.2) is 0 Å². The number of anilines is 1. The fraction of sp³-hybridized carbons (Fsp3) is 0.364. The molecule has 16 heavy (non-hydrogen) atoms. The van der Waals surface area contributed by atoms with Crippen molar-refractivity contribution in [3.05, 3.63) is 28.2 Å². The number of nitrogens with one attached hydrogen (secondary N) is 2. The van der Waals surface area contributed by atoms with Crippen LogP contribution in [0, 0.1) is 0 Å². The Morgan fingerprint density at radius 3 is 2.56 bits per heavy atom. The van der Waals surface area contributed by atoms with Gasteiger partial charge in [0.15, 0.2) is 0 Å². The van der Waals surface area contributed by atoms with Crippen molar-refractivity contribution >= 4 is 34.8 Å². The molecular formula is C11H12Cl2N2O. The number of rotatable bonds is 2. The van der Waals surface area contributed by atoms with Crippen LogP contribution >= 0.6 is 23.2 Å². The molecule has 0 radical (unpaired) electrons. The monoisotopic (exact) mass is 258 g/mol. The molecule has 86 valence electrons. The van der Waals surface area contributed by atoms with Crippen molar-refractivity contribution in [3.8, 4) is 0 Å². The number of halogens is 2. The third-order valence-corrected chi connectivity index (χ3v) is 2.93. The highest BCUT2D eigenvalue weighted by atomic mass is 35.5. The maximum absolute atomic E-state index is 11.5. The van der Waals surface area contributed by atoms with E-state index in [1.807, 2.05) is 0 Å². The van der Waals surface area contributed by atoms with Crippen LogP contribution in [0.25, 0.3) is 0 Å². The molecule has 0 spiro atoms. The quantitative estimate of drug-likeness (QED) is 0.857. The van der Waals surface area contributed by atoms with Crippen molar-refractivity contribution in [1.29, 1.82) is 0 Å². The molecule has 1 aliphatic heterocycles. The fourth-order valence-corrected chi connectivity index (χ4v) is 2.27. The minimum Gasteiger partial charge on any atom is -0.374 e. The maximum atomic E-state index is 11.5. The zero-order valence-corrected chi connectivity index (χ0v) is 10.1. The summed E-state index contributed by atoms with van der Waals surface area (Å²) in [6, 6.07) is 4.99. The predicted molar refractivity (Wildman–Crippen MR) is 66.1 cm³/mol. The first kappa shape index (κ1) is 11.6. The minimum absolute atomic E-state index is 0.0300. The summed E-state index contributed by atoms with van der Waals surface area (Å²) >= 11 is 11.8. The second-order valence-electron chi connectivity index (χ2n) is 3.79. The molecule has 1 amide bonds. The van der Waals surface area contributed by atoms with Crippen LogP contribution in [-0.2, 0) is 4.79 Å². The molecule has 1 aliphatic rings. The molecule has 2 N–H and O–H groups in total. The summed E-state index contributed by atoms with van der Waals surface area (Å²) in [5.41, 5.74) is 0.777. The van der Waals surface area contributed by atoms with Gasteiger partial charge in [0.25, 0.3) is 0 Å². The lowest BCUT2D eigenvalue weighted by atomic mass is 10.1. The summed E-state index contributed by atoms with van der Waals surface area (Å²) in [7, 11) is 0. The molecule has 2 rings (SSSR count). The van der Waals surface area contributed by atoms with Crippen molar-refractivity contribution in [1.82, 2.24) is 5.32 Å². The van der Waals surface area contributed by atoms with Gasteiger partial charge in [0.05, 0.1) is 0 Å². The summed E-state index contributed by atoms with van der Waals surface area (Å²) in [5, 5.41) is 7.07. The van der Waals surface area contributed by atoms with E-state index >= 15 is 0 Å². The number of carbonyl (C=O) groups is 1. The lowest BCUT2D eigenvalue weighted by molar-refractivity contribution is -0.123. The molecule has 1 heterocycles. The first-order chi connectivity index (χ1) is 7.65. The first-order valence-electron chi connectivity index (χ1n) is 5.15. The van der Waals surface area contributed by atoms with Crippen LogP contribution in [0.1, 0.15) is 12.8 Å². The standard InChI is InChI=1S/C11H12Cl2N2O/c12-7-4-8(13)6-9(5-7)15-10-2-1-3-14-11(10)16/h4-6,10,15H,1-3H2,(H,14,16)/t10-/m1/s1. The summed E-state index contributed by atoms with van der Waals surface area (Å²) in [6.45, 7) is 0.757. The van der Waals surface area contributed by atoms with E-state index in [0.29, 0.717) is 10.0 Å². The molecule has 1 aromatic carbocycles. The lowest BCUT2D eigenvalue weighted by Crippen LogP contribution is -2.44. The molecule has 1 fully saturated rings. The van der Waals surface area contributed by atoms with Gasteiger partial charge in [-0.2, -0.15) is 0 Å². The zero-order chi connectivity index (χ0) is 11.5. The molecule has 0 bridgehead atoms. The summed E-state index contributed by atoms with van der Waals surface area (Å²) in [4.78, 5) is 11.5. The van der Waals surface area contributed by atoms with Gasteiger partial charge in [-0.15, -0.1) is 0 Å². The molecular weight excluding hydrogens is 247 g/mol. The third kappa shape index (κ3) is 2.80. The van der Waals surface area contributed by atoms with E-state index in [1.165, 1.54) is 0 Å². The van der Waals surface area contributed by atoms with E-state index < -0.39 is 0 Å². The SMILES string of the molecule is O=C1NCCC[C@H]1Nc1cc(Cl)cc(Cl)c1. The number of hydrogen-bond acceptors (Lipinski definition) is 2. The van der Waals surface area contributed by atoms with Gasteiger partial charge in [0, 0.05) is 22.3 Å². The smallest absolute Gasteiger partial charge is 0.242 e. The van der Waals surface area contributed by atoms with E-state index in [0.717, 1.165) is 25.1 Å². The van der Waals surface area contributed by atoms with Crippen molar-refractivity contribution in [2.24, 2.45) is 0 Å². The van der Waals surface area contributed by atoms with Gasteiger partial charge in [0.1, 0.15) is 6.04 Å². The van der Waals surface area contributed by atoms with E-state index in [9.17, 15) is 4.79 Å². The Hall–Kier alpha value is -0.930. The highest BCUT2D eigenvalue weighted by Gasteiger charge is 2.21. The number of benzene rings is 1. The average molecular weight is 259 g/mol. The van der Waals surface area contributed by atoms with Crippen molar-refractivity contribution in [2.75, 3.05) is 11.9 Å². The molecule has 5 heteroatoms. The van der Waals surface area contributed by atoms with Gasteiger partial charge in [-0.05, 0) is 31.0 Å². The molecule has 0 aromatic heterocycles. The average Bonchev–Trinajstić information content (AvgIpc) is 2.20. The lowest BCUT2D eigenvalue weighted by Gasteiger charge is -2.23.